The molecule has 2 aromatic rings. The number of ether oxygens (including phenoxy) is 1. The molecule has 0 heterocycles. The maximum atomic E-state index is 11.1. The zero-order chi connectivity index (χ0) is 21.3. The van der Waals surface area contributed by atoms with E-state index in [2.05, 4.69) is 5.32 Å². The molecule has 0 saturated heterocycles. The van der Waals surface area contributed by atoms with Crippen LogP contribution in [0.4, 0.5) is 0 Å². The highest BCUT2D eigenvalue weighted by Gasteiger charge is 2.19. The van der Waals surface area contributed by atoms with Crippen molar-refractivity contribution >= 4 is 27.7 Å². The quantitative estimate of drug-likeness (QED) is 0.579. The fourth-order valence-electron chi connectivity index (χ4n) is 2.38. The minimum atomic E-state index is -4.02. The molecule has 0 spiro atoms. The lowest BCUT2D eigenvalue weighted by Crippen LogP contribution is -2.27. The van der Waals surface area contributed by atoms with Crippen molar-refractivity contribution in [2.24, 2.45) is 5.92 Å². The lowest BCUT2D eigenvalue weighted by atomic mass is 9.98. The van der Waals surface area contributed by atoms with Gasteiger partial charge in [-0.25, -0.2) is 0 Å². The molecule has 0 bridgehead atoms. The van der Waals surface area contributed by atoms with E-state index in [4.69, 9.17) is 26.0 Å². The molecule has 0 radical (unpaired) electrons. The van der Waals surface area contributed by atoms with Gasteiger partial charge in [0, 0.05) is 11.6 Å². The van der Waals surface area contributed by atoms with Gasteiger partial charge in [-0.1, -0.05) is 29.3 Å². The molecule has 2 aromatic carbocycles. The molecule has 0 aliphatic carbocycles. The van der Waals surface area contributed by atoms with E-state index in [-0.39, 0.29) is 4.90 Å². The Bertz CT molecular complexity index is 884. The molecule has 0 saturated carbocycles. The van der Waals surface area contributed by atoms with Crippen molar-refractivity contribution in [3.05, 3.63) is 58.6 Å². The number of halogens is 1. The van der Waals surface area contributed by atoms with Crippen LogP contribution >= 0.6 is 11.6 Å². The maximum absolute atomic E-state index is 11.1. The Balaban J connectivity index is 0.000000307. The van der Waals surface area contributed by atoms with Gasteiger partial charge in [-0.2, -0.15) is 8.42 Å². The molecule has 7 nitrogen and oxygen atoms in total. The smallest absolute Gasteiger partial charge is 0.308 e. The zero-order valence-electron chi connectivity index (χ0n) is 15.8. The van der Waals surface area contributed by atoms with Gasteiger partial charge in [-0.15, -0.1) is 0 Å². The van der Waals surface area contributed by atoms with Gasteiger partial charge in [0.2, 0.25) is 0 Å². The SMILES string of the molecule is CNC[C@@H](Cc1cc(Cl)ccc1OC)C(=O)O.Cc1ccc(S(=O)(=O)O)cc1. The van der Waals surface area contributed by atoms with Crippen molar-refractivity contribution in [1.82, 2.24) is 5.32 Å². The van der Waals surface area contributed by atoms with Crippen LogP contribution in [0.2, 0.25) is 5.02 Å². The van der Waals surface area contributed by atoms with Crippen molar-refractivity contribution in [2.45, 2.75) is 18.2 Å². The van der Waals surface area contributed by atoms with Crippen LogP contribution in [0.5, 0.6) is 5.75 Å². The summed E-state index contributed by atoms with van der Waals surface area (Å²) >= 11 is 5.90. The average Bonchev–Trinajstić information content (AvgIpc) is 2.61. The van der Waals surface area contributed by atoms with E-state index in [9.17, 15) is 13.2 Å². The molecule has 2 rings (SSSR count). The van der Waals surface area contributed by atoms with Crippen LogP contribution in [0.25, 0.3) is 0 Å². The summed E-state index contributed by atoms with van der Waals surface area (Å²) in [5, 5.41) is 12.5. The Labute approximate surface area is 170 Å². The number of benzene rings is 2. The third-order valence-electron chi connectivity index (χ3n) is 3.83. The van der Waals surface area contributed by atoms with Crippen molar-refractivity contribution in [2.75, 3.05) is 20.7 Å². The normalized spacial score (nSPS) is 11.9. The summed E-state index contributed by atoms with van der Waals surface area (Å²) in [5.74, 6) is -0.662. The molecule has 0 aromatic heterocycles. The number of aliphatic carboxylic acids is 1. The predicted molar refractivity (Wildman–Crippen MR) is 108 cm³/mol. The Kier molecular flexibility index (Phi) is 9.40. The van der Waals surface area contributed by atoms with Crippen LogP contribution in [-0.4, -0.2) is 44.7 Å². The van der Waals surface area contributed by atoms with E-state index in [1.807, 2.05) is 6.92 Å². The third kappa shape index (κ3) is 7.85. The maximum Gasteiger partial charge on any atom is 0.308 e. The van der Waals surface area contributed by atoms with E-state index in [0.717, 1.165) is 11.1 Å². The van der Waals surface area contributed by atoms with E-state index in [1.165, 1.54) is 12.1 Å². The molecule has 0 amide bonds. The number of nitrogens with one attached hydrogen (secondary N) is 1. The summed E-state index contributed by atoms with van der Waals surface area (Å²) in [4.78, 5) is 11.0. The van der Waals surface area contributed by atoms with Gasteiger partial charge in [0.25, 0.3) is 10.1 Å². The summed E-state index contributed by atoms with van der Waals surface area (Å²) in [6.45, 7) is 2.25. The highest BCUT2D eigenvalue weighted by Crippen LogP contribution is 2.25. The van der Waals surface area contributed by atoms with Gasteiger partial charge in [0.1, 0.15) is 5.75 Å². The van der Waals surface area contributed by atoms with Crippen LogP contribution < -0.4 is 10.1 Å². The van der Waals surface area contributed by atoms with Gasteiger partial charge in [0.05, 0.1) is 17.9 Å². The summed E-state index contributed by atoms with van der Waals surface area (Å²) in [6, 6.07) is 11.2. The number of hydrogen-bond acceptors (Lipinski definition) is 5. The second kappa shape index (κ2) is 11.0. The first kappa shape index (κ1) is 23.9. The lowest BCUT2D eigenvalue weighted by molar-refractivity contribution is -0.141. The first-order valence-corrected chi connectivity index (χ1v) is 10.1. The first-order chi connectivity index (χ1) is 13.1. The molecule has 0 unspecified atom stereocenters. The van der Waals surface area contributed by atoms with Gasteiger partial charge in [-0.05, 0) is 56.3 Å². The highest BCUT2D eigenvalue weighted by molar-refractivity contribution is 7.85. The molecule has 0 fully saturated rings. The molecule has 9 heteroatoms. The van der Waals surface area contributed by atoms with Crippen molar-refractivity contribution in [3.8, 4) is 5.75 Å². The number of carboxylic acid groups (broad SMARTS) is 1. The second-order valence-electron chi connectivity index (χ2n) is 6.04. The average molecular weight is 430 g/mol. The fraction of sp³-hybridized carbons (Fsp3) is 0.316. The molecular formula is C19H24ClNO6S. The van der Waals surface area contributed by atoms with E-state index < -0.39 is 22.0 Å². The zero-order valence-corrected chi connectivity index (χ0v) is 17.4. The number of hydrogen-bond donors (Lipinski definition) is 3. The van der Waals surface area contributed by atoms with Crippen LogP contribution in [0.1, 0.15) is 11.1 Å². The third-order valence-corrected chi connectivity index (χ3v) is 4.93. The van der Waals surface area contributed by atoms with E-state index >= 15 is 0 Å². The van der Waals surface area contributed by atoms with Gasteiger partial charge >= 0.3 is 5.97 Å². The monoisotopic (exact) mass is 429 g/mol. The topological polar surface area (TPSA) is 113 Å². The number of carboxylic acids is 1. The van der Waals surface area contributed by atoms with Crippen LogP contribution in [0.3, 0.4) is 0 Å². The predicted octanol–water partition coefficient (Wildman–Crippen LogP) is 3.05. The largest absolute Gasteiger partial charge is 0.496 e. The fourth-order valence-corrected chi connectivity index (χ4v) is 3.05. The molecule has 3 N–H and O–H groups in total. The Hall–Kier alpha value is -2.13. The number of carbonyl (C=O) groups is 1. The highest BCUT2D eigenvalue weighted by atomic mass is 35.5. The van der Waals surface area contributed by atoms with E-state index in [0.29, 0.717) is 23.7 Å². The summed E-state index contributed by atoms with van der Waals surface area (Å²) in [6.07, 6.45) is 0.389. The summed E-state index contributed by atoms with van der Waals surface area (Å²) in [7, 11) is -0.736. The Morgan fingerprint density at radius 2 is 1.82 bits per heavy atom. The standard InChI is InChI=1S/C12H16ClNO3.C7H8O3S/c1-14-7-9(12(15)16)5-8-6-10(13)3-4-11(8)17-2;1-6-2-4-7(5-3-6)11(8,9)10/h3-4,6,9,14H,5,7H2,1-2H3,(H,15,16);2-5H,1H3,(H,8,9,10)/t9-;/m1./s1. The molecular weight excluding hydrogens is 406 g/mol. The molecule has 0 aliphatic heterocycles. The van der Waals surface area contributed by atoms with Gasteiger partial charge < -0.3 is 15.2 Å². The van der Waals surface area contributed by atoms with Crippen LogP contribution in [-0.2, 0) is 21.3 Å². The first-order valence-electron chi connectivity index (χ1n) is 8.32. The number of aryl methyl sites for hydroxylation is 1. The van der Waals surface area contributed by atoms with Gasteiger partial charge in [-0.3, -0.25) is 9.35 Å². The van der Waals surface area contributed by atoms with Crippen molar-refractivity contribution in [1.29, 1.82) is 0 Å². The van der Waals surface area contributed by atoms with Crippen molar-refractivity contribution < 1.29 is 27.6 Å². The molecule has 154 valence electrons. The van der Waals surface area contributed by atoms with Crippen LogP contribution in [0.15, 0.2) is 47.4 Å². The van der Waals surface area contributed by atoms with E-state index in [1.54, 1.807) is 44.5 Å². The Morgan fingerprint density at radius 3 is 2.29 bits per heavy atom. The van der Waals surface area contributed by atoms with Crippen LogP contribution in [0, 0.1) is 12.8 Å². The second-order valence-corrected chi connectivity index (χ2v) is 7.90. The Morgan fingerprint density at radius 1 is 1.21 bits per heavy atom. The minimum absolute atomic E-state index is 0.0666. The molecule has 0 aliphatic rings. The molecule has 28 heavy (non-hydrogen) atoms. The summed E-state index contributed by atoms with van der Waals surface area (Å²) < 4.78 is 34.7. The number of methoxy groups -OCH3 is 1. The lowest BCUT2D eigenvalue weighted by Gasteiger charge is -2.14. The van der Waals surface area contributed by atoms with Gasteiger partial charge in [0.15, 0.2) is 0 Å². The van der Waals surface area contributed by atoms with Crippen molar-refractivity contribution in [3.63, 3.8) is 0 Å². The summed E-state index contributed by atoms with van der Waals surface area (Å²) in [5.41, 5.74) is 1.76. The molecule has 1 atom stereocenters. The minimum Gasteiger partial charge on any atom is -0.496 e. The number of rotatable bonds is 7.